The molecule has 103 valence electrons. The molecule has 0 aromatic rings. The molecule has 6 nitrogen and oxygen atoms in total. The quantitative estimate of drug-likeness (QED) is 0.603. The van der Waals surface area contributed by atoms with E-state index in [-0.39, 0.29) is 64.9 Å². The zero-order chi connectivity index (χ0) is 12.7. The third-order valence-corrected chi connectivity index (χ3v) is 1.74. The van der Waals surface area contributed by atoms with Gasteiger partial charge >= 0.3 is 5.97 Å². The van der Waals surface area contributed by atoms with Crippen LogP contribution in [-0.2, 0) is 47.1 Å². The molecule has 2 amide bonds. The van der Waals surface area contributed by atoms with Crippen molar-refractivity contribution >= 4 is 17.8 Å². The first kappa shape index (κ1) is 22.6. The smallest absolute Gasteiger partial charge is 0.326 e. The first-order chi connectivity index (χ1) is 7.32. The summed E-state index contributed by atoms with van der Waals surface area (Å²) in [5.41, 5.74) is 0. The number of carboxylic acid groups (broad SMARTS) is 1. The molecule has 18 heavy (non-hydrogen) atoms. The van der Waals surface area contributed by atoms with Crippen LogP contribution in [0.5, 0.6) is 0 Å². The Morgan fingerprint density at radius 3 is 2.06 bits per heavy atom. The molecule has 1 atom stereocenters. The van der Waals surface area contributed by atoms with E-state index in [9.17, 15) is 14.4 Å². The zero-order valence-corrected chi connectivity index (χ0v) is 13.9. The summed E-state index contributed by atoms with van der Waals surface area (Å²) in [6, 6.07) is -1.05. The van der Waals surface area contributed by atoms with E-state index in [2.05, 4.69) is 17.6 Å². The summed E-state index contributed by atoms with van der Waals surface area (Å²) in [6.45, 7) is 6.64. The minimum Gasteiger partial charge on any atom is -0.480 e. The van der Waals surface area contributed by atoms with Crippen LogP contribution in [0.2, 0.25) is 0 Å². The van der Waals surface area contributed by atoms with Crippen LogP contribution in [0.25, 0.3) is 0 Å². The van der Waals surface area contributed by atoms with E-state index in [1.54, 1.807) is 0 Å². The largest absolute Gasteiger partial charge is 0.480 e. The molecule has 0 bridgehead atoms. The number of hydrogen-bond acceptors (Lipinski definition) is 3. The number of amides is 2. The number of rotatable bonds is 6. The van der Waals surface area contributed by atoms with Gasteiger partial charge in [-0.2, -0.15) is 0 Å². The Morgan fingerprint density at radius 1 is 1.22 bits per heavy atom. The summed E-state index contributed by atoms with van der Waals surface area (Å²) in [5, 5.41) is 13.5. The van der Waals surface area contributed by atoms with E-state index in [1.165, 1.54) is 0 Å². The molecule has 0 aromatic carbocycles. The SMILES string of the molecule is [CH2-]C(=O)NC(CCC(=O)NC(C)C)C(=O)O.[CH3-].[Y]. The third-order valence-electron chi connectivity index (χ3n) is 1.74. The summed E-state index contributed by atoms with van der Waals surface area (Å²) < 4.78 is 0. The van der Waals surface area contributed by atoms with Crippen molar-refractivity contribution in [2.45, 2.75) is 38.8 Å². The van der Waals surface area contributed by atoms with Crippen LogP contribution in [0.4, 0.5) is 0 Å². The van der Waals surface area contributed by atoms with Crippen molar-refractivity contribution in [1.29, 1.82) is 0 Å². The Bertz CT molecular complexity index is 282. The van der Waals surface area contributed by atoms with E-state index >= 15 is 0 Å². The average molecular weight is 333 g/mol. The Hall–Kier alpha value is -0.616. The Morgan fingerprint density at radius 2 is 1.72 bits per heavy atom. The van der Waals surface area contributed by atoms with E-state index in [0.29, 0.717) is 0 Å². The van der Waals surface area contributed by atoms with Gasteiger partial charge in [-0.05, 0) is 20.3 Å². The van der Waals surface area contributed by atoms with E-state index in [0.717, 1.165) is 0 Å². The summed E-state index contributed by atoms with van der Waals surface area (Å²) in [5.74, 6) is -2.08. The van der Waals surface area contributed by atoms with Gasteiger partial charge in [-0.25, -0.2) is 4.79 Å². The summed E-state index contributed by atoms with van der Waals surface area (Å²) >= 11 is 0. The van der Waals surface area contributed by atoms with Gasteiger partial charge in [-0.1, -0.05) is 0 Å². The molecule has 0 rings (SSSR count). The maximum absolute atomic E-state index is 11.2. The standard InChI is InChI=1S/C10H17N2O4.CH3.Y/c1-6(2)11-9(14)5-4-8(10(15)16)12-7(3)13;;/h6,8H,3-5H2,1-2H3,(H,11,14)(H,12,13)(H,15,16);1H3;/q2*-1;. The van der Waals surface area contributed by atoms with Gasteiger partial charge in [0.15, 0.2) is 0 Å². The van der Waals surface area contributed by atoms with Crippen molar-refractivity contribution < 1.29 is 52.2 Å². The van der Waals surface area contributed by atoms with Crippen molar-refractivity contribution in [2.24, 2.45) is 0 Å². The van der Waals surface area contributed by atoms with Gasteiger partial charge in [-0.15, -0.1) is 0 Å². The fourth-order valence-corrected chi connectivity index (χ4v) is 1.12. The molecule has 0 spiro atoms. The third kappa shape index (κ3) is 11.9. The van der Waals surface area contributed by atoms with Crippen molar-refractivity contribution in [3.8, 4) is 0 Å². The van der Waals surface area contributed by atoms with Gasteiger partial charge < -0.3 is 34.9 Å². The van der Waals surface area contributed by atoms with Gasteiger partial charge in [0.05, 0.1) is 5.91 Å². The topological polar surface area (TPSA) is 95.5 Å². The Labute approximate surface area is 133 Å². The number of carboxylic acids is 1. The second kappa shape index (κ2) is 11.5. The fourth-order valence-electron chi connectivity index (χ4n) is 1.12. The number of carbonyl (C=O) groups excluding carboxylic acids is 2. The van der Waals surface area contributed by atoms with Crippen molar-refractivity contribution in [1.82, 2.24) is 10.6 Å². The Kier molecular flexibility index (Phi) is 14.4. The van der Waals surface area contributed by atoms with E-state index in [4.69, 9.17) is 5.11 Å². The van der Waals surface area contributed by atoms with Crippen molar-refractivity contribution in [2.75, 3.05) is 0 Å². The molecule has 1 unspecified atom stereocenters. The molecule has 0 fully saturated rings. The van der Waals surface area contributed by atoms with Gasteiger partial charge in [0.25, 0.3) is 0 Å². The molecule has 0 aliphatic heterocycles. The molecule has 3 N–H and O–H groups in total. The molecule has 0 aliphatic rings. The van der Waals surface area contributed by atoms with Crippen LogP contribution in [0.3, 0.4) is 0 Å². The number of aliphatic carboxylic acids is 1. The minimum absolute atomic E-state index is 0. The van der Waals surface area contributed by atoms with Gasteiger partial charge in [0, 0.05) is 45.2 Å². The molecule has 0 saturated heterocycles. The van der Waals surface area contributed by atoms with Gasteiger partial charge in [0.2, 0.25) is 5.91 Å². The maximum Gasteiger partial charge on any atom is 0.326 e. The van der Waals surface area contributed by atoms with E-state index < -0.39 is 17.9 Å². The fraction of sp³-hybridized carbons (Fsp3) is 0.545. The minimum atomic E-state index is -1.17. The molecule has 0 saturated carbocycles. The van der Waals surface area contributed by atoms with Crippen LogP contribution >= 0.6 is 0 Å². The summed E-state index contributed by atoms with van der Waals surface area (Å²) in [6.07, 6.45) is 0.102. The zero-order valence-electron chi connectivity index (χ0n) is 11.0. The van der Waals surface area contributed by atoms with Crippen molar-refractivity contribution in [3.63, 3.8) is 0 Å². The maximum atomic E-state index is 11.2. The second-order valence-electron chi connectivity index (χ2n) is 3.72. The van der Waals surface area contributed by atoms with Crippen LogP contribution in [-0.4, -0.2) is 35.0 Å². The predicted molar refractivity (Wildman–Crippen MR) is 63.9 cm³/mol. The average Bonchev–Trinajstić information content (AvgIpc) is 2.09. The van der Waals surface area contributed by atoms with Gasteiger partial charge in [0.1, 0.15) is 6.04 Å². The first-order valence-electron chi connectivity index (χ1n) is 4.97. The molecule has 1 radical (unpaired) electrons. The number of carbonyl (C=O) groups is 3. The molecule has 0 heterocycles. The van der Waals surface area contributed by atoms with Crippen LogP contribution in [0, 0.1) is 14.4 Å². The van der Waals surface area contributed by atoms with Crippen LogP contribution in [0.1, 0.15) is 26.7 Å². The van der Waals surface area contributed by atoms with Crippen LogP contribution in [0.15, 0.2) is 0 Å². The second-order valence-corrected chi connectivity index (χ2v) is 3.72. The van der Waals surface area contributed by atoms with E-state index in [1.807, 2.05) is 13.8 Å². The Balaban J connectivity index is -0.00000112. The summed E-state index contributed by atoms with van der Waals surface area (Å²) in [7, 11) is 0. The van der Waals surface area contributed by atoms with Gasteiger partial charge in [-0.3, -0.25) is 4.79 Å². The predicted octanol–water partition coefficient (Wildman–Crippen LogP) is 0.142. The first-order valence-corrected chi connectivity index (χ1v) is 4.97. The van der Waals surface area contributed by atoms with Crippen LogP contribution < -0.4 is 10.6 Å². The molecular formula is C11H20N2O4Y-2. The summed E-state index contributed by atoms with van der Waals surface area (Å²) in [4.78, 5) is 32.5. The molecule has 0 aliphatic carbocycles. The molecule has 0 aromatic heterocycles. The number of nitrogens with one attached hydrogen (secondary N) is 2. The normalized spacial score (nSPS) is 10.6. The van der Waals surface area contributed by atoms with Crippen molar-refractivity contribution in [3.05, 3.63) is 14.4 Å². The number of hydrogen-bond donors (Lipinski definition) is 3. The molecular weight excluding hydrogens is 313 g/mol. The monoisotopic (exact) mass is 333 g/mol. The molecule has 7 heteroatoms.